The Hall–Kier alpha value is -4.27. The molecule has 1 aliphatic rings. The van der Waals surface area contributed by atoms with Crippen molar-refractivity contribution in [3.05, 3.63) is 66.1 Å². The third kappa shape index (κ3) is 5.83. The summed E-state index contributed by atoms with van der Waals surface area (Å²) in [5.41, 5.74) is 1.42. The van der Waals surface area contributed by atoms with E-state index < -0.39 is 16.1 Å². The molecule has 0 unspecified atom stereocenters. The number of fused-ring (bicyclic) bond motifs is 1. The smallest absolute Gasteiger partial charge is 0.404 e. The second-order valence-corrected chi connectivity index (χ2v) is 11.6. The number of aromatic nitrogens is 3. The Morgan fingerprint density at radius 2 is 1.88 bits per heavy atom. The number of carbonyl (C=O) groups is 1. The van der Waals surface area contributed by atoms with Crippen molar-refractivity contribution in [3.8, 4) is 29.2 Å². The molecule has 1 fully saturated rings. The van der Waals surface area contributed by atoms with E-state index in [0.29, 0.717) is 40.9 Å². The van der Waals surface area contributed by atoms with Gasteiger partial charge in [-0.15, -0.1) is 6.42 Å². The molecule has 40 heavy (non-hydrogen) atoms. The van der Waals surface area contributed by atoms with E-state index in [2.05, 4.69) is 26.5 Å². The van der Waals surface area contributed by atoms with E-state index >= 15 is 0 Å². The third-order valence-electron chi connectivity index (χ3n) is 6.72. The van der Waals surface area contributed by atoms with Crippen LogP contribution in [-0.2, 0) is 10.0 Å². The monoisotopic (exact) mass is 579 g/mol. The number of hydrogen-bond acceptors (Lipinski definition) is 7. The molecule has 4 aromatic rings. The van der Waals surface area contributed by atoms with Crippen LogP contribution in [0.25, 0.3) is 22.2 Å². The van der Waals surface area contributed by atoms with Crippen LogP contribution < -0.4 is 15.4 Å². The molecule has 0 saturated heterocycles. The van der Waals surface area contributed by atoms with E-state index in [1.807, 2.05) is 0 Å². The summed E-state index contributed by atoms with van der Waals surface area (Å²) in [6.07, 6.45) is 10.2. The minimum absolute atomic E-state index is 0.0327. The first-order valence-electron chi connectivity index (χ1n) is 12.6. The fourth-order valence-corrected chi connectivity index (χ4v) is 6.43. The maximum Gasteiger partial charge on any atom is 0.404 e. The summed E-state index contributed by atoms with van der Waals surface area (Å²) in [6, 6.07) is 13.3. The fraction of sp³-hybridized carbons (Fsp3) is 0.250. The highest BCUT2D eigenvalue weighted by atomic mass is 35.5. The minimum Gasteiger partial charge on any atom is -0.479 e. The van der Waals surface area contributed by atoms with Crippen molar-refractivity contribution in [3.63, 3.8) is 0 Å². The number of rotatable bonds is 8. The first-order chi connectivity index (χ1) is 19.2. The maximum atomic E-state index is 13.6. The quantitative estimate of drug-likeness (QED) is 0.196. The number of nitrogens with one attached hydrogen (secondary N) is 2. The van der Waals surface area contributed by atoms with Crippen LogP contribution in [0, 0.1) is 12.3 Å². The number of halogens is 1. The topological polar surface area (TPSA) is 135 Å². The van der Waals surface area contributed by atoms with E-state index in [9.17, 15) is 13.2 Å². The van der Waals surface area contributed by atoms with E-state index in [1.54, 1.807) is 36.4 Å². The van der Waals surface area contributed by atoms with Gasteiger partial charge in [-0.05, 0) is 61.6 Å². The van der Waals surface area contributed by atoms with Crippen molar-refractivity contribution in [1.29, 1.82) is 0 Å². The van der Waals surface area contributed by atoms with Crippen LogP contribution in [0.15, 0.2) is 65.8 Å². The van der Waals surface area contributed by atoms with Gasteiger partial charge in [0.25, 0.3) is 10.0 Å². The molecule has 0 aliphatic heterocycles. The summed E-state index contributed by atoms with van der Waals surface area (Å²) in [4.78, 5) is 19.9. The standard InChI is InChI=1S/C28H26ClN5O5S/c1-2-12-39-21-15-23-24(17-34(27(23)30-16-21)40(37,38)22-6-4-3-5-7-22)18-13-25(29)33-26(14-18)31-19-8-10-20(11-9-19)32-28(35)36/h1,3-7,13-17,19-20,32H,8-12H2,(H,31,33)(H,35,36)/t19-,20-. The number of hydrogen-bond donors (Lipinski definition) is 3. The largest absolute Gasteiger partial charge is 0.479 e. The summed E-state index contributed by atoms with van der Waals surface area (Å²) < 4.78 is 33.9. The number of benzene rings is 1. The van der Waals surface area contributed by atoms with Crippen molar-refractivity contribution in [2.45, 2.75) is 42.7 Å². The molecule has 0 spiro atoms. The van der Waals surface area contributed by atoms with Crippen molar-refractivity contribution < 1.29 is 23.1 Å². The van der Waals surface area contributed by atoms with Crippen LogP contribution in [0.4, 0.5) is 10.6 Å². The number of carboxylic acid groups (broad SMARTS) is 1. The summed E-state index contributed by atoms with van der Waals surface area (Å²) in [5.74, 6) is 3.33. The van der Waals surface area contributed by atoms with E-state index in [1.165, 1.54) is 24.5 Å². The molecule has 1 aromatic carbocycles. The van der Waals surface area contributed by atoms with E-state index in [4.69, 9.17) is 27.9 Å². The van der Waals surface area contributed by atoms with Crippen LogP contribution >= 0.6 is 11.6 Å². The SMILES string of the molecule is C#CCOc1cnc2c(c1)c(-c1cc(Cl)nc(N[C@H]3CC[C@H](NC(=O)O)CC3)c1)cn2S(=O)(=O)c1ccccc1. The predicted molar refractivity (Wildman–Crippen MR) is 152 cm³/mol. The van der Waals surface area contributed by atoms with Crippen molar-refractivity contribution in [2.24, 2.45) is 0 Å². The second kappa shape index (κ2) is 11.5. The number of pyridine rings is 2. The molecule has 10 nitrogen and oxygen atoms in total. The molecule has 1 aliphatic carbocycles. The van der Waals surface area contributed by atoms with Crippen LogP contribution in [0.1, 0.15) is 25.7 Å². The van der Waals surface area contributed by atoms with Crippen LogP contribution in [-0.4, -0.2) is 52.2 Å². The van der Waals surface area contributed by atoms with Gasteiger partial charge in [-0.25, -0.2) is 27.2 Å². The van der Waals surface area contributed by atoms with Gasteiger partial charge < -0.3 is 20.5 Å². The summed E-state index contributed by atoms with van der Waals surface area (Å²) >= 11 is 6.43. The zero-order valence-corrected chi connectivity index (χ0v) is 22.8. The summed E-state index contributed by atoms with van der Waals surface area (Å²) in [7, 11) is -3.97. The molecule has 206 valence electrons. The number of terminal acetylenes is 1. The molecular weight excluding hydrogens is 554 g/mol. The molecular formula is C28H26ClN5O5S. The first-order valence-corrected chi connectivity index (χ1v) is 14.4. The Morgan fingerprint density at radius 3 is 2.58 bits per heavy atom. The van der Waals surface area contributed by atoms with Gasteiger partial charge in [0.2, 0.25) is 0 Å². The van der Waals surface area contributed by atoms with E-state index in [-0.39, 0.29) is 34.4 Å². The first kappa shape index (κ1) is 27.3. The minimum atomic E-state index is -3.97. The van der Waals surface area contributed by atoms with Gasteiger partial charge >= 0.3 is 6.09 Å². The second-order valence-electron chi connectivity index (χ2n) is 9.40. The number of amides is 1. The molecule has 1 amide bonds. The van der Waals surface area contributed by atoms with Gasteiger partial charge in [-0.2, -0.15) is 0 Å². The van der Waals surface area contributed by atoms with Crippen molar-refractivity contribution >= 4 is 44.6 Å². The van der Waals surface area contributed by atoms with Crippen LogP contribution in [0.5, 0.6) is 5.75 Å². The Labute approximate surface area is 236 Å². The predicted octanol–water partition coefficient (Wildman–Crippen LogP) is 4.99. The zero-order valence-electron chi connectivity index (χ0n) is 21.2. The molecule has 3 heterocycles. The lowest BCUT2D eigenvalue weighted by Crippen LogP contribution is -2.39. The van der Waals surface area contributed by atoms with Gasteiger partial charge in [0, 0.05) is 29.2 Å². The van der Waals surface area contributed by atoms with Gasteiger partial charge in [0.1, 0.15) is 23.3 Å². The Balaban J connectivity index is 1.53. The van der Waals surface area contributed by atoms with Crippen LogP contribution in [0.3, 0.4) is 0 Å². The van der Waals surface area contributed by atoms with Gasteiger partial charge in [-0.3, -0.25) is 0 Å². The number of ether oxygens (including phenoxy) is 1. The maximum absolute atomic E-state index is 13.6. The lowest BCUT2D eigenvalue weighted by molar-refractivity contribution is 0.185. The fourth-order valence-electron chi connectivity index (χ4n) is 4.88. The average Bonchev–Trinajstić information content (AvgIpc) is 3.33. The molecule has 0 bridgehead atoms. The Morgan fingerprint density at radius 1 is 1.15 bits per heavy atom. The van der Waals surface area contributed by atoms with Crippen molar-refractivity contribution in [1.82, 2.24) is 19.3 Å². The molecule has 5 rings (SSSR count). The molecule has 12 heteroatoms. The molecule has 1 saturated carbocycles. The third-order valence-corrected chi connectivity index (χ3v) is 8.58. The highest BCUT2D eigenvalue weighted by molar-refractivity contribution is 7.90. The molecule has 0 atom stereocenters. The normalized spacial score (nSPS) is 17.2. The van der Waals surface area contributed by atoms with Gasteiger partial charge in [0.05, 0.1) is 11.1 Å². The number of nitrogens with zero attached hydrogens (tertiary/aromatic N) is 3. The van der Waals surface area contributed by atoms with Crippen LogP contribution in [0.2, 0.25) is 5.15 Å². The van der Waals surface area contributed by atoms with E-state index in [0.717, 1.165) is 16.8 Å². The zero-order chi connectivity index (χ0) is 28.3. The average molecular weight is 580 g/mol. The Bertz CT molecular complexity index is 1690. The highest BCUT2D eigenvalue weighted by Gasteiger charge is 2.25. The molecule has 0 radical (unpaired) electrons. The lowest BCUT2D eigenvalue weighted by atomic mass is 9.91. The molecule has 3 N–H and O–H groups in total. The molecule has 3 aromatic heterocycles. The highest BCUT2D eigenvalue weighted by Crippen LogP contribution is 2.36. The van der Waals surface area contributed by atoms with Crippen molar-refractivity contribution in [2.75, 3.05) is 11.9 Å². The summed E-state index contributed by atoms with van der Waals surface area (Å²) in [6.45, 7) is 0.0327. The number of anilines is 1. The Kier molecular flexibility index (Phi) is 7.82. The summed E-state index contributed by atoms with van der Waals surface area (Å²) in [5, 5.41) is 15.7. The lowest BCUT2D eigenvalue weighted by Gasteiger charge is -2.29. The van der Waals surface area contributed by atoms with Gasteiger partial charge in [-0.1, -0.05) is 35.7 Å². The van der Waals surface area contributed by atoms with Gasteiger partial charge in [0.15, 0.2) is 5.65 Å².